The molecule has 0 bridgehead atoms. The summed E-state index contributed by atoms with van der Waals surface area (Å²) in [5.74, 6) is 0.287. The highest BCUT2D eigenvalue weighted by Crippen LogP contribution is 2.42. The van der Waals surface area contributed by atoms with E-state index in [4.69, 9.17) is 4.84 Å². The summed E-state index contributed by atoms with van der Waals surface area (Å²) in [7, 11) is 0. The van der Waals surface area contributed by atoms with Crippen LogP contribution >= 0.6 is 11.3 Å². The number of carbonyl (C=O) groups excluding carboxylic acids is 1. The Kier molecular flexibility index (Phi) is 3.37. The molecule has 1 aromatic heterocycles. The number of anilines is 1. The van der Waals surface area contributed by atoms with Gasteiger partial charge in [0.05, 0.1) is 5.71 Å². The molecule has 23 heavy (non-hydrogen) atoms. The van der Waals surface area contributed by atoms with Crippen molar-refractivity contribution in [3.8, 4) is 0 Å². The molecule has 0 spiro atoms. The van der Waals surface area contributed by atoms with Gasteiger partial charge in [-0.1, -0.05) is 46.8 Å². The van der Waals surface area contributed by atoms with Gasteiger partial charge >= 0.3 is 0 Å². The molecule has 0 saturated heterocycles. The lowest BCUT2D eigenvalue weighted by Gasteiger charge is -2.19. The first-order valence-corrected chi connectivity index (χ1v) is 8.41. The number of hydrogen-bond acceptors (Lipinski definition) is 6. The topological polar surface area (TPSA) is 76.5 Å². The maximum Gasteiger partial charge on any atom is 0.273 e. The Labute approximate surface area is 137 Å². The van der Waals surface area contributed by atoms with E-state index in [0.29, 0.717) is 17.5 Å². The van der Waals surface area contributed by atoms with Gasteiger partial charge in [-0.3, -0.25) is 10.1 Å². The minimum Gasteiger partial charge on any atom is -0.379 e. The molecule has 4 rings (SSSR count). The van der Waals surface area contributed by atoms with Gasteiger partial charge in [0.1, 0.15) is 5.01 Å². The van der Waals surface area contributed by atoms with Gasteiger partial charge in [0.15, 0.2) is 0 Å². The van der Waals surface area contributed by atoms with E-state index in [0.717, 1.165) is 29.1 Å². The molecule has 7 heteroatoms. The van der Waals surface area contributed by atoms with Gasteiger partial charge in [-0.05, 0) is 25.3 Å². The lowest BCUT2D eigenvalue weighted by atomic mass is 9.95. The smallest absolute Gasteiger partial charge is 0.273 e. The fourth-order valence-electron chi connectivity index (χ4n) is 2.46. The van der Waals surface area contributed by atoms with Crippen LogP contribution in [0.5, 0.6) is 0 Å². The Morgan fingerprint density at radius 1 is 1.30 bits per heavy atom. The van der Waals surface area contributed by atoms with E-state index < -0.39 is 5.60 Å². The monoisotopic (exact) mass is 328 g/mol. The third kappa shape index (κ3) is 2.84. The second-order valence-corrected chi connectivity index (χ2v) is 7.09. The predicted molar refractivity (Wildman–Crippen MR) is 87.6 cm³/mol. The Hall–Kier alpha value is -2.28. The standard InChI is InChI=1S/C16H16N4O2S/c1-16(9-12(20-22-16)10-5-3-2-4-6-10)14(21)17-15-19-18-13(23-15)11-7-8-11/h2-6,11H,7-9H2,1H3,(H,17,19,21)/t16-/m0/s1. The minimum atomic E-state index is -1.02. The number of rotatable bonds is 4. The maximum atomic E-state index is 12.5. The summed E-state index contributed by atoms with van der Waals surface area (Å²) in [6, 6.07) is 9.73. The normalized spacial score (nSPS) is 23.3. The molecule has 2 aromatic rings. The van der Waals surface area contributed by atoms with Crippen LogP contribution in [0.3, 0.4) is 0 Å². The van der Waals surface area contributed by atoms with Crippen LogP contribution < -0.4 is 5.32 Å². The van der Waals surface area contributed by atoms with Crippen LogP contribution in [0.25, 0.3) is 0 Å². The Bertz CT molecular complexity index is 769. The van der Waals surface area contributed by atoms with E-state index in [-0.39, 0.29) is 5.91 Å². The summed E-state index contributed by atoms with van der Waals surface area (Å²) in [5, 5.41) is 16.6. The van der Waals surface area contributed by atoms with Gasteiger partial charge in [0.2, 0.25) is 10.7 Å². The number of amides is 1. The summed E-state index contributed by atoms with van der Waals surface area (Å²) < 4.78 is 0. The molecule has 1 aliphatic heterocycles. The molecule has 1 aromatic carbocycles. The van der Waals surface area contributed by atoms with Crippen LogP contribution in [0.1, 0.15) is 42.7 Å². The summed E-state index contributed by atoms with van der Waals surface area (Å²) in [6.07, 6.45) is 2.76. The first-order chi connectivity index (χ1) is 11.1. The van der Waals surface area contributed by atoms with Crippen molar-refractivity contribution >= 4 is 28.1 Å². The summed E-state index contributed by atoms with van der Waals surface area (Å²) in [5.41, 5.74) is 0.728. The Balaban J connectivity index is 1.44. The highest BCUT2D eigenvalue weighted by Gasteiger charge is 2.42. The van der Waals surface area contributed by atoms with Crippen molar-refractivity contribution in [2.24, 2.45) is 5.16 Å². The summed E-state index contributed by atoms with van der Waals surface area (Å²) in [4.78, 5) is 18.0. The van der Waals surface area contributed by atoms with Crippen molar-refractivity contribution < 1.29 is 9.63 Å². The molecule has 1 fully saturated rings. The van der Waals surface area contributed by atoms with Gasteiger partial charge < -0.3 is 4.84 Å². The molecule has 2 aliphatic rings. The van der Waals surface area contributed by atoms with Crippen molar-refractivity contribution in [3.63, 3.8) is 0 Å². The van der Waals surface area contributed by atoms with Crippen LogP contribution in [0.4, 0.5) is 5.13 Å². The molecule has 1 saturated carbocycles. The third-order valence-electron chi connectivity index (χ3n) is 4.04. The summed E-state index contributed by atoms with van der Waals surface area (Å²) >= 11 is 1.44. The SMILES string of the molecule is C[C@@]1(C(=O)Nc2nnc(C3CC3)s2)CC(c2ccccc2)=NO1. The fraction of sp³-hybridized carbons (Fsp3) is 0.375. The lowest BCUT2D eigenvalue weighted by molar-refractivity contribution is -0.135. The van der Waals surface area contributed by atoms with Crippen molar-refractivity contribution in [2.75, 3.05) is 5.32 Å². The zero-order valence-corrected chi connectivity index (χ0v) is 13.5. The van der Waals surface area contributed by atoms with E-state index in [1.165, 1.54) is 11.3 Å². The van der Waals surface area contributed by atoms with Crippen molar-refractivity contribution in [2.45, 2.75) is 37.7 Å². The molecule has 0 unspecified atom stereocenters. The number of nitrogens with zero attached hydrogens (tertiary/aromatic N) is 3. The van der Waals surface area contributed by atoms with Crippen molar-refractivity contribution in [3.05, 3.63) is 40.9 Å². The molecule has 1 aliphatic carbocycles. The van der Waals surface area contributed by atoms with E-state index in [2.05, 4.69) is 20.7 Å². The van der Waals surface area contributed by atoms with Crippen molar-refractivity contribution in [1.29, 1.82) is 0 Å². The van der Waals surface area contributed by atoms with Crippen LogP contribution in [0, 0.1) is 0 Å². The average Bonchev–Trinajstić information content (AvgIpc) is 3.18. The molecule has 1 atom stereocenters. The highest BCUT2D eigenvalue weighted by atomic mass is 32.1. The van der Waals surface area contributed by atoms with E-state index in [1.807, 2.05) is 30.3 Å². The number of nitrogens with one attached hydrogen (secondary N) is 1. The second kappa shape index (κ2) is 5.42. The van der Waals surface area contributed by atoms with E-state index in [9.17, 15) is 4.79 Å². The number of carbonyl (C=O) groups is 1. The molecule has 0 radical (unpaired) electrons. The molecule has 2 heterocycles. The molecule has 1 amide bonds. The average molecular weight is 328 g/mol. The first-order valence-electron chi connectivity index (χ1n) is 7.59. The molecule has 6 nitrogen and oxygen atoms in total. The predicted octanol–water partition coefficient (Wildman–Crippen LogP) is 2.94. The first kappa shape index (κ1) is 14.3. The largest absolute Gasteiger partial charge is 0.379 e. The van der Waals surface area contributed by atoms with Gasteiger partial charge in [-0.15, -0.1) is 10.2 Å². The summed E-state index contributed by atoms with van der Waals surface area (Å²) in [6.45, 7) is 1.74. The number of aromatic nitrogens is 2. The van der Waals surface area contributed by atoms with Gasteiger partial charge in [0.25, 0.3) is 5.91 Å². The van der Waals surface area contributed by atoms with Crippen molar-refractivity contribution in [1.82, 2.24) is 10.2 Å². The Morgan fingerprint density at radius 3 is 2.83 bits per heavy atom. The molecular weight excluding hydrogens is 312 g/mol. The quantitative estimate of drug-likeness (QED) is 0.936. The van der Waals surface area contributed by atoms with Gasteiger partial charge in [-0.25, -0.2) is 0 Å². The molecule has 1 N–H and O–H groups in total. The van der Waals surface area contributed by atoms with Gasteiger partial charge in [0, 0.05) is 12.3 Å². The highest BCUT2D eigenvalue weighted by molar-refractivity contribution is 7.15. The third-order valence-corrected chi connectivity index (χ3v) is 5.04. The van der Waals surface area contributed by atoms with Crippen LogP contribution in [-0.2, 0) is 9.63 Å². The van der Waals surface area contributed by atoms with Gasteiger partial charge in [-0.2, -0.15) is 0 Å². The van der Waals surface area contributed by atoms with Crippen LogP contribution in [-0.4, -0.2) is 27.4 Å². The van der Waals surface area contributed by atoms with E-state index >= 15 is 0 Å². The fourth-order valence-corrected chi connectivity index (χ4v) is 3.36. The zero-order chi connectivity index (χ0) is 15.9. The van der Waals surface area contributed by atoms with Crippen LogP contribution in [0.2, 0.25) is 0 Å². The number of benzene rings is 1. The molecule has 118 valence electrons. The van der Waals surface area contributed by atoms with Crippen LogP contribution in [0.15, 0.2) is 35.5 Å². The zero-order valence-electron chi connectivity index (χ0n) is 12.7. The lowest BCUT2D eigenvalue weighted by Crippen LogP contribution is -2.40. The van der Waals surface area contributed by atoms with E-state index in [1.54, 1.807) is 6.92 Å². The number of hydrogen-bond donors (Lipinski definition) is 1. The Morgan fingerprint density at radius 2 is 2.09 bits per heavy atom. The second-order valence-electron chi connectivity index (χ2n) is 6.08. The minimum absolute atomic E-state index is 0.245. The maximum absolute atomic E-state index is 12.5. The molecular formula is C16H16N4O2S. The number of oxime groups is 1.